The van der Waals surface area contributed by atoms with E-state index in [1.165, 1.54) is 16.8 Å². The first-order chi connectivity index (χ1) is 8.99. The number of diazo groups is 1. The molecule has 0 radical (unpaired) electrons. The summed E-state index contributed by atoms with van der Waals surface area (Å²) in [6, 6.07) is 2.08. The summed E-state index contributed by atoms with van der Waals surface area (Å²) in [4.78, 5) is 25.7. The lowest BCUT2D eigenvalue weighted by molar-refractivity contribution is 0.0695. The fraction of sp³-hybridized carbons (Fsp3) is 0.167. The smallest absolute Gasteiger partial charge is 0.422 e. The van der Waals surface area contributed by atoms with Gasteiger partial charge in [-0.05, 0) is 13.0 Å². The van der Waals surface area contributed by atoms with Crippen molar-refractivity contribution in [3.05, 3.63) is 44.9 Å². The zero-order valence-corrected chi connectivity index (χ0v) is 9.92. The molecule has 1 aromatic heterocycles. The van der Waals surface area contributed by atoms with E-state index in [1.807, 2.05) is 0 Å². The van der Waals surface area contributed by atoms with E-state index in [2.05, 4.69) is 4.98 Å². The van der Waals surface area contributed by atoms with Crippen molar-refractivity contribution in [1.29, 1.82) is 5.39 Å². The molecule has 0 bridgehead atoms. The number of benzene rings is 1. The number of aryl methyl sites for hydroxylation is 1. The number of aromatic nitrogens is 1. The first kappa shape index (κ1) is 12.7. The molecule has 19 heavy (non-hydrogen) atoms. The van der Waals surface area contributed by atoms with Gasteiger partial charge in [-0.25, -0.2) is 4.79 Å². The second kappa shape index (κ2) is 4.49. The van der Waals surface area contributed by atoms with Gasteiger partial charge in [0.15, 0.2) is 4.98 Å². The highest BCUT2D eigenvalue weighted by Crippen LogP contribution is 2.24. The van der Waals surface area contributed by atoms with Gasteiger partial charge in [0.1, 0.15) is 5.56 Å². The van der Waals surface area contributed by atoms with Gasteiger partial charge in [0.05, 0.1) is 17.0 Å². The number of nitrogens with zero attached hydrogens (tertiary/aromatic N) is 3. The SMILES string of the molecule is CCn1cc(C(=O)O)c(=O)c2cc(F)c([N+]#N)cc21. The number of carbonyl (C=O) groups is 1. The Morgan fingerprint density at radius 3 is 2.74 bits per heavy atom. The van der Waals surface area contributed by atoms with Crippen LogP contribution in [0.5, 0.6) is 0 Å². The number of pyridine rings is 1. The maximum Gasteiger partial charge on any atom is 0.422 e. The van der Waals surface area contributed by atoms with E-state index in [4.69, 9.17) is 10.5 Å². The van der Waals surface area contributed by atoms with E-state index in [0.29, 0.717) is 12.1 Å². The Hall–Kier alpha value is -2.75. The number of fused-ring (bicyclic) bond motifs is 1. The normalized spacial score (nSPS) is 10.4. The van der Waals surface area contributed by atoms with Crippen LogP contribution in [0, 0.1) is 11.2 Å². The highest BCUT2D eigenvalue weighted by Gasteiger charge is 2.21. The van der Waals surface area contributed by atoms with Crippen LogP contribution in [0.4, 0.5) is 10.1 Å². The minimum Gasteiger partial charge on any atom is -0.477 e. The summed E-state index contributed by atoms with van der Waals surface area (Å²) in [5.74, 6) is -2.26. The first-order valence-corrected chi connectivity index (χ1v) is 5.44. The van der Waals surface area contributed by atoms with Crippen LogP contribution in [0.25, 0.3) is 15.9 Å². The van der Waals surface area contributed by atoms with Crippen LogP contribution in [-0.2, 0) is 6.54 Å². The lowest BCUT2D eigenvalue weighted by Gasteiger charge is -2.08. The second-order valence-corrected chi connectivity index (χ2v) is 3.88. The molecule has 96 valence electrons. The Kier molecular flexibility index (Phi) is 3.00. The molecular weight excluding hydrogens is 253 g/mol. The predicted octanol–water partition coefficient (Wildman–Crippen LogP) is 2.34. The molecule has 0 atom stereocenters. The summed E-state index contributed by atoms with van der Waals surface area (Å²) in [6.45, 7) is 2.13. The fourth-order valence-corrected chi connectivity index (χ4v) is 1.89. The van der Waals surface area contributed by atoms with Gasteiger partial charge < -0.3 is 9.67 Å². The number of carboxylic acids is 1. The maximum atomic E-state index is 13.5. The lowest BCUT2D eigenvalue weighted by Crippen LogP contribution is -2.18. The Bertz CT molecular complexity index is 789. The summed E-state index contributed by atoms with van der Waals surface area (Å²) in [5, 5.41) is 17.5. The third-order valence-corrected chi connectivity index (χ3v) is 2.83. The summed E-state index contributed by atoms with van der Waals surface area (Å²) in [7, 11) is 0. The first-order valence-electron chi connectivity index (χ1n) is 5.44. The number of hydrogen-bond acceptors (Lipinski definition) is 3. The standard InChI is InChI=1S/C12H8FN3O3/c1-2-16-5-7(12(18)19)11(17)6-3-8(13)9(15-14)4-10(6)16/h3-5H,2H2,1H3/p+1. The molecule has 2 aromatic rings. The third kappa shape index (κ3) is 1.93. The van der Waals surface area contributed by atoms with Crippen LogP contribution < -0.4 is 5.43 Å². The summed E-state index contributed by atoms with van der Waals surface area (Å²) in [6.07, 6.45) is 1.19. The predicted molar refractivity (Wildman–Crippen MR) is 65.5 cm³/mol. The van der Waals surface area contributed by atoms with E-state index in [9.17, 15) is 14.0 Å². The van der Waals surface area contributed by atoms with E-state index in [0.717, 1.165) is 6.07 Å². The van der Waals surface area contributed by atoms with Crippen molar-refractivity contribution in [1.82, 2.24) is 4.57 Å². The molecule has 1 heterocycles. The molecule has 0 saturated heterocycles. The molecule has 0 aliphatic heterocycles. The molecule has 0 amide bonds. The van der Waals surface area contributed by atoms with Crippen LogP contribution in [0.2, 0.25) is 0 Å². The monoisotopic (exact) mass is 262 g/mol. The summed E-state index contributed by atoms with van der Waals surface area (Å²) >= 11 is 0. The molecule has 2 rings (SSSR count). The zero-order valence-electron chi connectivity index (χ0n) is 9.92. The Morgan fingerprint density at radius 1 is 1.53 bits per heavy atom. The molecule has 1 N–H and O–H groups in total. The Labute approximate surface area is 106 Å². The van der Waals surface area contributed by atoms with Gasteiger partial charge in [-0.2, -0.15) is 4.39 Å². The van der Waals surface area contributed by atoms with Gasteiger partial charge >= 0.3 is 11.7 Å². The average molecular weight is 262 g/mol. The van der Waals surface area contributed by atoms with E-state index < -0.39 is 22.8 Å². The van der Waals surface area contributed by atoms with Crippen LogP contribution in [0.15, 0.2) is 23.1 Å². The Balaban J connectivity index is 3.00. The topological polar surface area (TPSA) is 87.5 Å². The van der Waals surface area contributed by atoms with Crippen molar-refractivity contribution >= 4 is 22.6 Å². The molecule has 6 nitrogen and oxygen atoms in total. The molecule has 1 aromatic carbocycles. The van der Waals surface area contributed by atoms with Crippen molar-refractivity contribution < 1.29 is 14.3 Å². The lowest BCUT2D eigenvalue weighted by atomic mass is 10.1. The highest BCUT2D eigenvalue weighted by molar-refractivity contribution is 5.93. The fourth-order valence-electron chi connectivity index (χ4n) is 1.89. The highest BCUT2D eigenvalue weighted by atomic mass is 19.1. The van der Waals surface area contributed by atoms with Gasteiger partial charge in [-0.1, -0.05) is 0 Å². The van der Waals surface area contributed by atoms with Crippen molar-refractivity contribution in [2.45, 2.75) is 13.5 Å². The molecule has 0 aliphatic rings. The molecule has 0 saturated carbocycles. The number of carboxylic acid groups (broad SMARTS) is 1. The van der Waals surface area contributed by atoms with Gasteiger partial charge in [-0.3, -0.25) is 4.79 Å². The molecule has 7 heteroatoms. The minimum absolute atomic E-state index is 0.0633. The van der Waals surface area contributed by atoms with Crippen molar-refractivity contribution in [2.24, 2.45) is 0 Å². The number of halogens is 1. The number of aromatic carboxylic acids is 1. The molecule has 0 unspecified atom stereocenters. The van der Waals surface area contributed by atoms with Gasteiger partial charge in [-0.15, -0.1) is 0 Å². The summed E-state index contributed by atoms with van der Waals surface area (Å²) < 4.78 is 15.0. The maximum absolute atomic E-state index is 13.5. The van der Waals surface area contributed by atoms with Crippen LogP contribution in [-0.4, -0.2) is 15.6 Å². The molecular formula is C12H9FN3O3+. The van der Waals surface area contributed by atoms with Gasteiger partial charge in [0.25, 0.3) is 0 Å². The molecule has 0 fully saturated rings. The van der Waals surface area contributed by atoms with Crippen LogP contribution in [0.3, 0.4) is 0 Å². The third-order valence-electron chi connectivity index (χ3n) is 2.83. The Morgan fingerprint density at radius 2 is 2.21 bits per heavy atom. The second-order valence-electron chi connectivity index (χ2n) is 3.88. The van der Waals surface area contributed by atoms with Gasteiger partial charge in [0.2, 0.25) is 16.6 Å². The van der Waals surface area contributed by atoms with Crippen molar-refractivity contribution in [2.75, 3.05) is 0 Å². The number of rotatable bonds is 2. The van der Waals surface area contributed by atoms with E-state index in [1.54, 1.807) is 6.92 Å². The van der Waals surface area contributed by atoms with Crippen molar-refractivity contribution in [3.8, 4) is 0 Å². The van der Waals surface area contributed by atoms with E-state index >= 15 is 0 Å². The zero-order chi connectivity index (χ0) is 14.2. The van der Waals surface area contributed by atoms with Crippen molar-refractivity contribution in [3.63, 3.8) is 0 Å². The van der Waals surface area contributed by atoms with Gasteiger partial charge in [0, 0.05) is 12.7 Å². The summed E-state index contributed by atoms with van der Waals surface area (Å²) in [5.41, 5.74) is -1.19. The van der Waals surface area contributed by atoms with Crippen LogP contribution in [0.1, 0.15) is 17.3 Å². The average Bonchev–Trinajstić information content (AvgIpc) is 2.38. The number of hydrogen-bond donors (Lipinski definition) is 1. The quantitative estimate of drug-likeness (QED) is 0.841. The molecule has 0 aliphatic carbocycles. The minimum atomic E-state index is -1.37. The van der Waals surface area contributed by atoms with Crippen LogP contribution >= 0.6 is 0 Å². The van der Waals surface area contributed by atoms with E-state index in [-0.39, 0.29) is 11.1 Å². The molecule has 0 spiro atoms. The largest absolute Gasteiger partial charge is 0.477 e.